The van der Waals surface area contributed by atoms with Crippen molar-refractivity contribution in [2.45, 2.75) is 6.61 Å². The highest BCUT2D eigenvalue weighted by Crippen LogP contribution is 2.24. The number of benzene rings is 1. The monoisotopic (exact) mass is 183 g/mol. The molecule has 0 atom stereocenters. The molecule has 0 fully saturated rings. The number of nitrogens with zero attached hydrogens (tertiary/aromatic N) is 1. The molecule has 2 rings (SSSR count). The molecular weight excluding hydrogens is 178 g/mol. The van der Waals surface area contributed by atoms with Crippen molar-refractivity contribution in [3.8, 4) is 0 Å². The summed E-state index contributed by atoms with van der Waals surface area (Å²) < 4.78 is 4.86. The molecular formula is C8H6ClNO2. The molecule has 1 aromatic carbocycles. The van der Waals surface area contributed by atoms with Crippen LogP contribution in [0.3, 0.4) is 0 Å². The highest BCUT2D eigenvalue weighted by atomic mass is 35.5. The molecule has 0 saturated heterocycles. The maximum Gasteiger partial charge on any atom is 0.169 e. The summed E-state index contributed by atoms with van der Waals surface area (Å²) in [5.74, 6) is 0.451. The van der Waals surface area contributed by atoms with Gasteiger partial charge in [0.05, 0.1) is 5.02 Å². The minimum Gasteiger partial charge on any atom is -0.388 e. The Hall–Kier alpha value is -1.06. The zero-order chi connectivity index (χ0) is 8.55. The van der Waals surface area contributed by atoms with Crippen LogP contribution in [0.25, 0.3) is 10.9 Å². The Balaban J connectivity index is 2.80. The molecule has 0 unspecified atom stereocenters. The maximum atomic E-state index is 8.84. The van der Waals surface area contributed by atoms with Crippen molar-refractivity contribution in [1.82, 2.24) is 5.16 Å². The third kappa shape index (κ3) is 0.983. The van der Waals surface area contributed by atoms with Crippen LogP contribution in [0.15, 0.2) is 22.7 Å². The molecule has 62 valence electrons. The van der Waals surface area contributed by atoms with Gasteiger partial charge in [-0.3, -0.25) is 0 Å². The van der Waals surface area contributed by atoms with Crippen LogP contribution < -0.4 is 0 Å². The lowest BCUT2D eigenvalue weighted by Crippen LogP contribution is -1.77. The Morgan fingerprint density at radius 3 is 3.08 bits per heavy atom. The standard InChI is InChI=1S/C8H6ClNO2/c9-6-3-1-2-5-7(4-11)12-10-8(5)6/h1-3,11H,4H2. The Bertz CT molecular complexity index is 410. The van der Waals surface area contributed by atoms with Gasteiger partial charge in [0.1, 0.15) is 12.1 Å². The third-order valence-corrected chi connectivity index (χ3v) is 1.98. The highest BCUT2D eigenvalue weighted by Gasteiger charge is 2.08. The lowest BCUT2D eigenvalue weighted by Gasteiger charge is -1.89. The van der Waals surface area contributed by atoms with Gasteiger partial charge >= 0.3 is 0 Å². The molecule has 0 bridgehead atoms. The average Bonchev–Trinajstić information content (AvgIpc) is 2.49. The van der Waals surface area contributed by atoms with Crippen LogP contribution in [-0.4, -0.2) is 10.3 Å². The second-order valence-corrected chi connectivity index (χ2v) is 2.81. The van der Waals surface area contributed by atoms with Crippen LogP contribution in [0.2, 0.25) is 5.02 Å². The van der Waals surface area contributed by atoms with E-state index >= 15 is 0 Å². The molecule has 0 aliphatic rings. The van der Waals surface area contributed by atoms with Crippen molar-refractivity contribution < 1.29 is 9.63 Å². The van der Waals surface area contributed by atoms with Crippen LogP contribution >= 0.6 is 11.6 Å². The van der Waals surface area contributed by atoms with E-state index in [1.54, 1.807) is 12.1 Å². The van der Waals surface area contributed by atoms with Crippen LogP contribution in [0.4, 0.5) is 0 Å². The summed E-state index contributed by atoms with van der Waals surface area (Å²) in [6.07, 6.45) is 0. The van der Waals surface area contributed by atoms with Crippen LogP contribution in [0, 0.1) is 0 Å². The second-order valence-electron chi connectivity index (χ2n) is 2.40. The molecule has 2 aromatic rings. The zero-order valence-corrected chi connectivity index (χ0v) is 6.88. The fourth-order valence-corrected chi connectivity index (χ4v) is 1.31. The fourth-order valence-electron chi connectivity index (χ4n) is 1.10. The largest absolute Gasteiger partial charge is 0.388 e. The smallest absolute Gasteiger partial charge is 0.169 e. The first-order valence-corrected chi connectivity index (χ1v) is 3.84. The number of aliphatic hydroxyl groups is 1. The molecule has 1 aromatic heterocycles. The van der Waals surface area contributed by atoms with Crippen molar-refractivity contribution in [2.24, 2.45) is 0 Å². The second kappa shape index (κ2) is 2.77. The molecule has 0 aliphatic carbocycles. The van der Waals surface area contributed by atoms with E-state index in [1.165, 1.54) is 0 Å². The number of aromatic nitrogens is 1. The molecule has 4 heteroatoms. The quantitative estimate of drug-likeness (QED) is 0.735. The first-order chi connectivity index (χ1) is 5.83. The minimum absolute atomic E-state index is 0.156. The van der Waals surface area contributed by atoms with Crippen LogP contribution in [0.1, 0.15) is 5.76 Å². The van der Waals surface area contributed by atoms with E-state index in [4.69, 9.17) is 21.2 Å². The van der Waals surface area contributed by atoms with Gasteiger partial charge in [-0.05, 0) is 12.1 Å². The summed E-state index contributed by atoms with van der Waals surface area (Å²) in [6, 6.07) is 5.33. The Kier molecular flexibility index (Phi) is 1.75. The molecule has 3 nitrogen and oxygen atoms in total. The third-order valence-electron chi connectivity index (χ3n) is 1.68. The Morgan fingerprint density at radius 1 is 1.50 bits per heavy atom. The topological polar surface area (TPSA) is 46.3 Å². The normalized spacial score (nSPS) is 10.8. The first kappa shape index (κ1) is 7.58. The van der Waals surface area contributed by atoms with Gasteiger partial charge in [0.15, 0.2) is 5.76 Å². The number of rotatable bonds is 1. The molecule has 12 heavy (non-hydrogen) atoms. The molecule has 0 radical (unpaired) electrons. The van der Waals surface area contributed by atoms with E-state index < -0.39 is 0 Å². The number of halogens is 1. The van der Waals surface area contributed by atoms with E-state index in [-0.39, 0.29) is 6.61 Å². The van der Waals surface area contributed by atoms with Crippen molar-refractivity contribution in [1.29, 1.82) is 0 Å². The van der Waals surface area contributed by atoms with Crippen molar-refractivity contribution >= 4 is 22.5 Å². The zero-order valence-electron chi connectivity index (χ0n) is 6.12. The van der Waals surface area contributed by atoms with Gasteiger partial charge in [0.2, 0.25) is 0 Å². The van der Waals surface area contributed by atoms with Gasteiger partial charge < -0.3 is 9.63 Å². The van der Waals surface area contributed by atoms with E-state index in [0.717, 1.165) is 5.39 Å². The van der Waals surface area contributed by atoms with E-state index in [0.29, 0.717) is 16.3 Å². The van der Waals surface area contributed by atoms with Crippen LogP contribution in [0.5, 0.6) is 0 Å². The fraction of sp³-hybridized carbons (Fsp3) is 0.125. The summed E-state index contributed by atoms with van der Waals surface area (Å²) in [7, 11) is 0. The number of hydrogen-bond donors (Lipinski definition) is 1. The van der Waals surface area contributed by atoms with E-state index in [2.05, 4.69) is 5.16 Å². The lowest BCUT2D eigenvalue weighted by molar-refractivity contribution is 0.232. The number of fused-ring (bicyclic) bond motifs is 1. The number of aliphatic hydroxyl groups excluding tert-OH is 1. The van der Waals surface area contributed by atoms with Crippen molar-refractivity contribution in [3.63, 3.8) is 0 Å². The summed E-state index contributed by atoms with van der Waals surface area (Å²) in [5.41, 5.74) is 0.600. The Labute approximate surface area is 73.5 Å². The first-order valence-electron chi connectivity index (χ1n) is 3.46. The number of hydrogen-bond acceptors (Lipinski definition) is 3. The SMILES string of the molecule is OCc1onc2c(Cl)cccc12. The lowest BCUT2D eigenvalue weighted by atomic mass is 10.2. The molecule has 0 aliphatic heterocycles. The average molecular weight is 184 g/mol. The molecule has 0 spiro atoms. The van der Waals surface area contributed by atoms with Gasteiger partial charge in [0, 0.05) is 5.39 Å². The predicted octanol–water partition coefficient (Wildman–Crippen LogP) is 1.97. The summed E-state index contributed by atoms with van der Waals surface area (Å²) in [5, 5.41) is 13.9. The summed E-state index contributed by atoms with van der Waals surface area (Å²) >= 11 is 5.82. The van der Waals surface area contributed by atoms with Crippen molar-refractivity contribution in [3.05, 3.63) is 29.0 Å². The van der Waals surface area contributed by atoms with Gasteiger partial charge in [0.25, 0.3) is 0 Å². The van der Waals surface area contributed by atoms with Gasteiger partial charge in [-0.15, -0.1) is 0 Å². The summed E-state index contributed by atoms with van der Waals surface area (Å²) in [6.45, 7) is -0.156. The van der Waals surface area contributed by atoms with Gasteiger partial charge in [-0.25, -0.2) is 0 Å². The van der Waals surface area contributed by atoms with Gasteiger partial charge in [-0.1, -0.05) is 22.8 Å². The van der Waals surface area contributed by atoms with E-state index in [9.17, 15) is 0 Å². The maximum absolute atomic E-state index is 8.84. The molecule has 0 saturated carbocycles. The van der Waals surface area contributed by atoms with Crippen LogP contribution in [-0.2, 0) is 6.61 Å². The van der Waals surface area contributed by atoms with Gasteiger partial charge in [-0.2, -0.15) is 0 Å². The Morgan fingerprint density at radius 2 is 2.33 bits per heavy atom. The molecule has 1 N–H and O–H groups in total. The minimum atomic E-state index is -0.156. The highest BCUT2D eigenvalue weighted by molar-refractivity contribution is 6.35. The molecule has 0 amide bonds. The predicted molar refractivity (Wildman–Crippen MR) is 44.9 cm³/mol. The molecule has 1 heterocycles. The van der Waals surface area contributed by atoms with Crippen molar-refractivity contribution in [2.75, 3.05) is 0 Å². The summed E-state index contributed by atoms with van der Waals surface area (Å²) in [4.78, 5) is 0. The van der Waals surface area contributed by atoms with E-state index in [1.807, 2.05) is 6.07 Å².